The summed E-state index contributed by atoms with van der Waals surface area (Å²) >= 11 is 3.14. The number of pyridine rings is 1. The molecule has 0 bridgehead atoms. The topological polar surface area (TPSA) is 62.2 Å². The van der Waals surface area contributed by atoms with Crippen molar-refractivity contribution in [1.82, 2.24) is 4.98 Å². The molecule has 2 aromatic rings. The van der Waals surface area contributed by atoms with Crippen LogP contribution in [0.3, 0.4) is 0 Å². The summed E-state index contributed by atoms with van der Waals surface area (Å²) in [6, 6.07) is 6.24. The highest BCUT2D eigenvalue weighted by Crippen LogP contribution is 2.24. The van der Waals surface area contributed by atoms with Crippen LogP contribution in [-0.2, 0) is 6.54 Å². The van der Waals surface area contributed by atoms with Gasteiger partial charge in [-0.3, -0.25) is 4.98 Å². The number of carboxylic acid groups (broad SMARTS) is 1. The molecule has 1 aromatic heterocycles. The number of nitrogens with one attached hydrogen (secondary N) is 1. The lowest BCUT2D eigenvalue weighted by Gasteiger charge is -2.10. The first-order valence-corrected chi connectivity index (χ1v) is 6.64. The summed E-state index contributed by atoms with van der Waals surface area (Å²) in [5, 5.41) is 11.9. The zero-order valence-corrected chi connectivity index (χ0v) is 12.2. The Morgan fingerprint density at radius 1 is 1.45 bits per heavy atom. The second-order valence-corrected chi connectivity index (χ2v) is 5.13. The summed E-state index contributed by atoms with van der Waals surface area (Å²) in [5.74, 6) is -1.31. The number of aromatic nitrogens is 1. The number of aryl methyl sites for hydroxylation is 1. The monoisotopic (exact) mass is 338 g/mol. The number of hydrogen-bond donors (Lipinski definition) is 2. The van der Waals surface area contributed by atoms with E-state index in [1.165, 1.54) is 18.3 Å². The van der Waals surface area contributed by atoms with Gasteiger partial charge in [-0.2, -0.15) is 0 Å². The third kappa shape index (κ3) is 3.33. The van der Waals surface area contributed by atoms with Crippen LogP contribution in [0.15, 0.2) is 34.9 Å². The first-order chi connectivity index (χ1) is 9.47. The quantitative estimate of drug-likeness (QED) is 0.893. The first-order valence-electron chi connectivity index (χ1n) is 5.85. The van der Waals surface area contributed by atoms with E-state index >= 15 is 0 Å². The lowest BCUT2D eigenvalue weighted by Crippen LogP contribution is -2.05. The summed E-state index contributed by atoms with van der Waals surface area (Å²) in [4.78, 5) is 14.8. The molecule has 6 heteroatoms. The first kappa shape index (κ1) is 14.5. The van der Waals surface area contributed by atoms with Crippen molar-refractivity contribution in [2.45, 2.75) is 13.5 Å². The summed E-state index contributed by atoms with van der Waals surface area (Å²) < 4.78 is 13.7. The Labute approximate surface area is 123 Å². The maximum absolute atomic E-state index is 13.3. The van der Waals surface area contributed by atoms with Crippen molar-refractivity contribution in [2.24, 2.45) is 0 Å². The maximum Gasteiger partial charge on any atom is 0.337 e. The largest absolute Gasteiger partial charge is 0.478 e. The summed E-state index contributed by atoms with van der Waals surface area (Å²) in [6.07, 6.45) is 1.31. The van der Waals surface area contributed by atoms with Gasteiger partial charge in [-0.05, 0) is 52.7 Å². The van der Waals surface area contributed by atoms with Crippen molar-refractivity contribution < 1.29 is 14.3 Å². The van der Waals surface area contributed by atoms with E-state index in [1.54, 1.807) is 19.1 Å². The van der Waals surface area contributed by atoms with Gasteiger partial charge in [-0.1, -0.05) is 0 Å². The molecule has 1 aromatic carbocycles. The molecule has 0 spiro atoms. The molecular weight excluding hydrogens is 327 g/mol. The molecule has 0 amide bonds. The van der Waals surface area contributed by atoms with Crippen LogP contribution in [0.25, 0.3) is 0 Å². The highest BCUT2D eigenvalue weighted by atomic mass is 79.9. The fraction of sp³-hybridized carbons (Fsp3) is 0.143. The molecule has 0 atom stereocenters. The third-order valence-corrected chi connectivity index (χ3v) is 3.41. The van der Waals surface area contributed by atoms with Gasteiger partial charge < -0.3 is 10.4 Å². The third-order valence-electron chi connectivity index (χ3n) is 2.80. The standard InChI is InChI=1S/C14H12BrFN2O2/c1-8-4-12(16)11(15)5-13(8)18-7-10-3-2-9(6-17-10)14(19)20/h2-6,18H,7H2,1H3,(H,19,20). The normalized spacial score (nSPS) is 10.3. The van der Waals surface area contributed by atoms with Crippen molar-refractivity contribution in [1.29, 1.82) is 0 Å². The van der Waals surface area contributed by atoms with Crippen LogP contribution in [0.1, 0.15) is 21.6 Å². The lowest BCUT2D eigenvalue weighted by atomic mass is 10.2. The molecule has 0 unspecified atom stereocenters. The number of benzene rings is 1. The zero-order valence-electron chi connectivity index (χ0n) is 10.7. The van der Waals surface area contributed by atoms with Gasteiger partial charge in [0.15, 0.2) is 0 Å². The number of anilines is 1. The van der Waals surface area contributed by atoms with Crippen molar-refractivity contribution in [3.8, 4) is 0 Å². The molecule has 20 heavy (non-hydrogen) atoms. The molecule has 0 radical (unpaired) electrons. The predicted molar refractivity (Wildman–Crippen MR) is 77.4 cm³/mol. The minimum absolute atomic E-state index is 0.148. The van der Waals surface area contributed by atoms with Gasteiger partial charge in [0.05, 0.1) is 22.3 Å². The molecule has 2 N–H and O–H groups in total. The van der Waals surface area contributed by atoms with Crippen LogP contribution in [-0.4, -0.2) is 16.1 Å². The molecule has 0 aliphatic carbocycles. The second-order valence-electron chi connectivity index (χ2n) is 4.28. The van der Waals surface area contributed by atoms with E-state index in [0.29, 0.717) is 16.7 Å². The van der Waals surface area contributed by atoms with E-state index in [1.807, 2.05) is 0 Å². The second kappa shape index (κ2) is 6.00. The molecular formula is C14H12BrFN2O2. The minimum Gasteiger partial charge on any atom is -0.478 e. The molecule has 2 rings (SSSR count). The number of carboxylic acids is 1. The Kier molecular flexibility index (Phi) is 4.34. The van der Waals surface area contributed by atoms with E-state index < -0.39 is 5.97 Å². The van der Waals surface area contributed by atoms with Gasteiger partial charge in [0.1, 0.15) is 5.82 Å². The molecule has 0 aliphatic heterocycles. The Hall–Kier alpha value is -1.95. The van der Waals surface area contributed by atoms with Gasteiger partial charge in [0.2, 0.25) is 0 Å². The van der Waals surface area contributed by atoms with Crippen LogP contribution < -0.4 is 5.32 Å². The van der Waals surface area contributed by atoms with Crippen LogP contribution in [0, 0.1) is 12.7 Å². The number of halogens is 2. The van der Waals surface area contributed by atoms with Gasteiger partial charge in [-0.15, -0.1) is 0 Å². The molecule has 0 saturated carbocycles. The van der Waals surface area contributed by atoms with E-state index in [-0.39, 0.29) is 11.4 Å². The van der Waals surface area contributed by atoms with E-state index in [0.717, 1.165) is 11.3 Å². The summed E-state index contributed by atoms with van der Waals surface area (Å²) in [6.45, 7) is 2.23. The van der Waals surface area contributed by atoms with Crippen molar-refractivity contribution in [3.63, 3.8) is 0 Å². The van der Waals surface area contributed by atoms with Gasteiger partial charge >= 0.3 is 5.97 Å². The van der Waals surface area contributed by atoms with Crippen LogP contribution in [0.4, 0.5) is 10.1 Å². The van der Waals surface area contributed by atoms with Crippen molar-refractivity contribution >= 4 is 27.6 Å². The van der Waals surface area contributed by atoms with Crippen LogP contribution in [0.5, 0.6) is 0 Å². The van der Waals surface area contributed by atoms with E-state index in [2.05, 4.69) is 26.2 Å². The molecule has 0 aliphatic rings. The number of nitrogens with zero attached hydrogens (tertiary/aromatic N) is 1. The molecule has 4 nitrogen and oxygen atoms in total. The summed E-state index contributed by atoms with van der Waals surface area (Å²) in [5.41, 5.74) is 2.43. The Morgan fingerprint density at radius 3 is 2.80 bits per heavy atom. The van der Waals surface area contributed by atoms with E-state index in [4.69, 9.17) is 5.11 Å². The molecule has 104 valence electrons. The number of hydrogen-bond acceptors (Lipinski definition) is 3. The molecule has 0 saturated heterocycles. The Morgan fingerprint density at radius 2 is 2.20 bits per heavy atom. The SMILES string of the molecule is Cc1cc(F)c(Br)cc1NCc1ccc(C(=O)O)cn1. The maximum atomic E-state index is 13.3. The minimum atomic E-state index is -1.00. The predicted octanol–water partition coefficient (Wildman–Crippen LogP) is 3.60. The van der Waals surface area contributed by atoms with E-state index in [9.17, 15) is 9.18 Å². The number of aromatic carboxylic acids is 1. The number of rotatable bonds is 4. The smallest absolute Gasteiger partial charge is 0.337 e. The fourth-order valence-electron chi connectivity index (χ4n) is 1.68. The van der Waals surface area contributed by atoms with Crippen molar-refractivity contribution in [2.75, 3.05) is 5.32 Å². The van der Waals surface area contributed by atoms with Crippen molar-refractivity contribution in [3.05, 3.63) is 57.6 Å². The Bertz CT molecular complexity index is 644. The Balaban J connectivity index is 2.09. The molecule has 0 fully saturated rings. The highest BCUT2D eigenvalue weighted by Gasteiger charge is 2.06. The number of carbonyl (C=O) groups is 1. The highest BCUT2D eigenvalue weighted by molar-refractivity contribution is 9.10. The van der Waals surface area contributed by atoms with Gasteiger partial charge in [-0.25, -0.2) is 9.18 Å². The fourth-order valence-corrected chi connectivity index (χ4v) is 2.02. The van der Waals surface area contributed by atoms with Crippen LogP contribution in [0.2, 0.25) is 0 Å². The lowest BCUT2D eigenvalue weighted by molar-refractivity contribution is 0.0696. The molecule has 1 heterocycles. The van der Waals surface area contributed by atoms with Gasteiger partial charge in [0, 0.05) is 11.9 Å². The summed E-state index contributed by atoms with van der Waals surface area (Å²) in [7, 11) is 0. The van der Waals surface area contributed by atoms with Gasteiger partial charge in [0.25, 0.3) is 0 Å². The average Bonchev–Trinajstić information content (AvgIpc) is 2.42. The average molecular weight is 339 g/mol. The zero-order chi connectivity index (χ0) is 14.7. The van der Waals surface area contributed by atoms with Crippen LogP contribution >= 0.6 is 15.9 Å².